The molecule has 8 heteroatoms. The molecule has 3 aromatic rings. The molecule has 0 atom stereocenters. The van der Waals surface area contributed by atoms with E-state index in [1.54, 1.807) is 24.9 Å². The molecule has 0 amide bonds. The lowest BCUT2D eigenvalue weighted by atomic mass is 10.1. The number of aromatic nitrogens is 1. The molecule has 148 valence electrons. The molecule has 0 aliphatic carbocycles. The van der Waals surface area contributed by atoms with Crippen molar-refractivity contribution in [2.24, 2.45) is 9.98 Å². The van der Waals surface area contributed by atoms with E-state index in [-0.39, 0.29) is 5.88 Å². The fraction of sp³-hybridized carbons (Fsp3) is 0.190. The lowest BCUT2D eigenvalue weighted by molar-refractivity contribution is 0.354. The molecule has 4 rings (SSSR count). The molecule has 0 saturated carbocycles. The van der Waals surface area contributed by atoms with Crippen molar-refractivity contribution in [1.82, 2.24) is 4.57 Å². The highest BCUT2D eigenvalue weighted by molar-refractivity contribution is 7.73. The molecule has 6 nitrogen and oxygen atoms in total. The number of para-hydroxylation sites is 2. The molecule has 0 unspecified atom stereocenters. The number of benzene rings is 2. The Labute approximate surface area is 176 Å². The Bertz CT molecular complexity index is 1240. The number of ether oxygens (including phenoxy) is 2. The first-order valence-corrected chi connectivity index (χ1v) is 10.2. The maximum atomic E-state index is 10.7. The topological polar surface area (TPSA) is 68.3 Å². The van der Waals surface area contributed by atoms with Crippen LogP contribution >= 0.6 is 23.6 Å². The van der Waals surface area contributed by atoms with Crippen molar-refractivity contribution in [3.05, 3.63) is 73.4 Å². The van der Waals surface area contributed by atoms with Crippen LogP contribution in [0.4, 0.5) is 0 Å². The van der Waals surface area contributed by atoms with Crippen LogP contribution in [0.1, 0.15) is 10.4 Å². The van der Waals surface area contributed by atoms with Gasteiger partial charge >= 0.3 is 0 Å². The third-order valence-corrected chi connectivity index (χ3v) is 5.96. The summed E-state index contributed by atoms with van der Waals surface area (Å²) in [7, 11) is 3.22. The average Bonchev–Trinajstić information content (AvgIpc) is 3.26. The van der Waals surface area contributed by atoms with E-state index >= 15 is 0 Å². The quantitative estimate of drug-likeness (QED) is 0.614. The van der Waals surface area contributed by atoms with Crippen LogP contribution in [0.5, 0.6) is 17.4 Å². The van der Waals surface area contributed by atoms with E-state index in [0.29, 0.717) is 39.1 Å². The van der Waals surface area contributed by atoms with Gasteiger partial charge in [0, 0.05) is 12.6 Å². The number of methoxy groups -OCH3 is 2. The SMILES string of the molecule is COc1ccc(CCn2c(O)c(C=C3N=c4ccccc4=N3)sc2=S)cc1OC. The number of thiazole rings is 1. The van der Waals surface area contributed by atoms with E-state index in [9.17, 15) is 5.11 Å². The molecule has 1 aliphatic heterocycles. The third-order valence-electron chi connectivity index (χ3n) is 4.58. The second kappa shape index (κ2) is 8.18. The van der Waals surface area contributed by atoms with E-state index < -0.39 is 0 Å². The Morgan fingerprint density at radius 3 is 2.41 bits per heavy atom. The summed E-state index contributed by atoms with van der Waals surface area (Å²) in [5.41, 5.74) is 1.06. The lowest BCUT2D eigenvalue weighted by Crippen LogP contribution is -2.19. The third kappa shape index (κ3) is 3.94. The number of rotatable bonds is 6. The van der Waals surface area contributed by atoms with Gasteiger partial charge in [-0.25, -0.2) is 9.98 Å². The second-order valence-corrected chi connectivity index (χ2v) is 8.04. The van der Waals surface area contributed by atoms with Crippen LogP contribution in [0.3, 0.4) is 0 Å². The molecule has 1 aromatic heterocycles. The van der Waals surface area contributed by atoms with Gasteiger partial charge in [0.05, 0.1) is 29.8 Å². The molecule has 2 aromatic carbocycles. The highest BCUT2D eigenvalue weighted by atomic mass is 32.1. The van der Waals surface area contributed by atoms with Gasteiger partial charge in [-0.2, -0.15) is 0 Å². The zero-order valence-corrected chi connectivity index (χ0v) is 17.6. The number of fused-ring (bicyclic) bond motifs is 1. The Balaban J connectivity index is 1.56. The summed E-state index contributed by atoms with van der Waals surface area (Å²) in [4.78, 5) is 9.60. The summed E-state index contributed by atoms with van der Waals surface area (Å²) in [5.74, 6) is 2.06. The standard InChI is InChI=1S/C21H19N3O3S2/c1-26-16-8-7-13(11-17(16)27-2)9-10-24-20(25)18(29-21(24)28)12-19-22-14-5-3-4-6-15(14)23-19/h3-8,11-12,25H,9-10H2,1-2H3. The highest BCUT2D eigenvalue weighted by Crippen LogP contribution is 2.31. The first-order chi connectivity index (χ1) is 14.1. The van der Waals surface area contributed by atoms with Crippen molar-refractivity contribution in [3.63, 3.8) is 0 Å². The van der Waals surface area contributed by atoms with Gasteiger partial charge in [0.15, 0.2) is 21.3 Å². The first-order valence-electron chi connectivity index (χ1n) is 8.96. The van der Waals surface area contributed by atoms with Gasteiger partial charge in [0.25, 0.3) is 0 Å². The molecule has 0 fully saturated rings. The fourth-order valence-corrected chi connectivity index (χ4v) is 4.38. The molecule has 1 N–H and O–H groups in total. The fourth-order valence-electron chi connectivity index (χ4n) is 3.09. The number of aryl methyl sites for hydroxylation is 1. The van der Waals surface area contributed by atoms with Crippen molar-refractivity contribution >= 4 is 29.6 Å². The Morgan fingerprint density at radius 2 is 1.76 bits per heavy atom. The minimum Gasteiger partial charge on any atom is -0.493 e. The molecule has 0 saturated heterocycles. The summed E-state index contributed by atoms with van der Waals surface area (Å²) in [6, 6.07) is 13.5. The van der Waals surface area contributed by atoms with Crippen molar-refractivity contribution in [1.29, 1.82) is 0 Å². The van der Waals surface area contributed by atoms with Gasteiger partial charge in [-0.15, -0.1) is 11.3 Å². The van der Waals surface area contributed by atoms with Crippen LogP contribution in [0, 0.1) is 3.95 Å². The summed E-state index contributed by atoms with van der Waals surface area (Å²) >= 11 is 6.80. The molecule has 0 bridgehead atoms. The van der Waals surface area contributed by atoms with E-state index in [1.165, 1.54) is 11.3 Å². The zero-order valence-electron chi connectivity index (χ0n) is 16.0. The van der Waals surface area contributed by atoms with E-state index in [1.807, 2.05) is 42.5 Å². The Kier molecular flexibility index (Phi) is 5.46. The van der Waals surface area contributed by atoms with Crippen LogP contribution in [0.15, 0.2) is 58.3 Å². The predicted molar refractivity (Wildman–Crippen MR) is 115 cm³/mol. The number of hydrogen-bond donors (Lipinski definition) is 1. The van der Waals surface area contributed by atoms with Crippen LogP contribution in [-0.2, 0) is 13.0 Å². The van der Waals surface area contributed by atoms with E-state index in [2.05, 4.69) is 9.98 Å². The molecule has 29 heavy (non-hydrogen) atoms. The van der Waals surface area contributed by atoms with Crippen LogP contribution in [0.2, 0.25) is 0 Å². The number of nitrogens with zero attached hydrogens (tertiary/aromatic N) is 3. The maximum Gasteiger partial charge on any atom is 0.210 e. The molecule has 0 spiro atoms. The first kappa shape index (κ1) is 19.4. The summed E-state index contributed by atoms with van der Waals surface area (Å²) < 4.78 is 13.0. The van der Waals surface area contributed by atoms with Crippen LogP contribution in [0.25, 0.3) is 6.08 Å². The molecular formula is C21H19N3O3S2. The van der Waals surface area contributed by atoms with Gasteiger partial charge in [0.1, 0.15) is 0 Å². The minimum atomic E-state index is 0.134. The largest absolute Gasteiger partial charge is 0.493 e. The van der Waals surface area contributed by atoms with Crippen molar-refractivity contribution in [2.75, 3.05) is 14.2 Å². The van der Waals surface area contributed by atoms with Crippen molar-refractivity contribution in [3.8, 4) is 17.4 Å². The monoisotopic (exact) mass is 425 g/mol. The number of aromatic hydroxyl groups is 1. The second-order valence-electron chi connectivity index (χ2n) is 6.36. The molecule has 1 aliphatic rings. The highest BCUT2D eigenvalue weighted by Gasteiger charge is 2.13. The molecular weight excluding hydrogens is 406 g/mol. The van der Waals surface area contributed by atoms with Gasteiger partial charge in [-0.3, -0.25) is 4.57 Å². The number of hydrogen-bond acceptors (Lipinski definition) is 7. The van der Waals surface area contributed by atoms with E-state index in [0.717, 1.165) is 16.3 Å². The van der Waals surface area contributed by atoms with Crippen molar-refractivity contribution < 1.29 is 14.6 Å². The zero-order chi connectivity index (χ0) is 20.4. The van der Waals surface area contributed by atoms with Crippen molar-refractivity contribution in [2.45, 2.75) is 13.0 Å². The average molecular weight is 426 g/mol. The summed E-state index contributed by atoms with van der Waals surface area (Å²) in [5, 5.41) is 12.3. The predicted octanol–water partition coefficient (Wildman–Crippen LogP) is 3.50. The van der Waals surface area contributed by atoms with Gasteiger partial charge in [-0.1, -0.05) is 18.2 Å². The van der Waals surface area contributed by atoms with Gasteiger partial charge in [0.2, 0.25) is 5.88 Å². The smallest absolute Gasteiger partial charge is 0.210 e. The summed E-state index contributed by atoms with van der Waals surface area (Å²) in [6.07, 6.45) is 2.46. The Morgan fingerprint density at radius 1 is 1.07 bits per heavy atom. The van der Waals surface area contributed by atoms with Crippen LogP contribution in [-0.4, -0.2) is 23.9 Å². The lowest BCUT2D eigenvalue weighted by Gasteiger charge is -2.10. The Hall–Kier alpha value is -2.97. The van der Waals surface area contributed by atoms with Gasteiger partial charge < -0.3 is 14.6 Å². The molecule has 0 radical (unpaired) electrons. The normalized spacial score (nSPS) is 12.1. The van der Waals surface area contributed by atoms with E-state index in [4.69, 9.17) is 21.7 Å². The summed E-state index contributed by atoms with van der Waals surface area (Å²) in [6.45, 7) is 0.550. The molecule has 2 heterocycles. The maximum absolute atomic E-state index is 10.7. The van der Waals surface area contributed by atoms with Crippen LogP contribution < -0.4 is 20.2 Å². The minimum absolute atomic E-state index is 0.134. The van der Waals surface area contributed by atoms with Gasteiger partial charge in [-0.05, 0) is 48.5 Å².